The van der Waals surface area contributed by atoms with Crippen LogP contribution in [0.15, 0.2) is 18.2 Å². The predicted octanol–water partition coefficient (Wildman–Crippen LogP) is 1.01. The molecule has 1 aromatic rings. The number of rotatable bonds is 4. The Bertz CT molecular complexity index is 656. The summed E-state index contributed by atoms with van der Waals surface area (Å²) in [6, 6.07) is 5.49. The van der Waals surface area contributed by atoms with E-state index in [0.29, 0.717) is 36.8 Å². The van der Waals surface area contributed by atoms with Crippen LogP contribution < -0.4 is 20.1 Å². The van der Waals surface area contributed by atoms with Crippen molar-refractivity contribution in [2.45, 2.75) is 25.3 Å². The Morgan fingerprint density at radius 1 is 1.20 bits per heavy atom. The molecule has 2 saturated heterocycles. The molecule has 2 fully saturated rings. The molecule has 0 aliphatic carbocycles. The van der Waals surface area contributed by atoms with Crippen LogP contribution in [0.1, 0.15) is 19.3 Å². The van der Waals surface area contributed by atoms with Crippen LogP contribution in [0, 0.1) is 5.92 Å². The fraction of sp³-hybridized carbons (Fsp3) is 0.556. The molecule has 0 aromatic heterocycles. The first-order chi connectivity index (χ1) is 12.0. The van der Waals surface area contributed by atoms with Gasteiger partial charge in [0.1, 0.15) is 11.5 Å². The molecule has 0 radical (unpaired) electrons. The second kappa shape index (κ2) is 7.31. The number of hydrogen-bond acceptors (Lipinski definition) is 5. The number of amides is 2. The van der Waals surface area contributed by atoms with E-state index >= 15 is 0 Å². The third kappa shape index (κ3) is 3.56. The molecule has 2 aliphatic rings. The lowest BCUT2D eigenvalue weighted by Crippen LogP contribution is -2.45. The van der Waals surface area contributed by atoms with E-state index in [4.69, 9.17) is 15.2 Å². The van der Waals surface area contributed by atoms with E-state index in [0.717, 1.165) is 12.8 Å². The van der Waals surface area contributed by atoms with Crippen molar-refractivity contribution in [3.05, 3.63) is 18.2 Å². The van der Waals surface area contributed by atoms with Gasteiger partial charge in [0.2, 0.25) is 11.8 Å². The third-order valence-electron chi connectivity index (χ3n) is 5.00. The highest BCUT2D eigenvalue weighted by molar-refractivity contribution is 6.01. The average molecular weight is 347 g/mol. The fourth-order valence-corrected chi connectivity index (χ4v) is 3.49. The van der Waals surface area contributed by atoms with E-state index in [-0.39, 0.29) is 30.2 Å². The van der Waals surface area contributed by atoms with Crippen LogP contribution >= 0.6 is 0 Å². The average Bonchev–Trinajstić information content (AvgIpc) is 3.02. The maximum atomic E-state index is 12.7. The number of hydrogen-bond donors (Lipinski definition) is 1. The van der Waals surface area contributed by atoms with E-state index in [2.05, 4.69) is 0 Å². The standard InChI is InChI=1S/C18H25N3O4/c1-24-14-3-4-15(16(10-14)25-2)21-11-12(9-17(21)22)18(23)20-7-5-13(19)6-8-20/h3-4,10,12-13H,5-9,11,19H2,1-2H3. The summed E-state index contributed by atoms with van der Waals surface area (Å²) in [4.78, 5) is 28.7. The zero-order valence-electron chi connectivity index (χ0n) is 14.7. The first kappa shape index (κ1) is 17.5. The summed E-state index contributed by atoms with van der Waals surface area (Å²) < 4.78 is 10.6. The van der Waals surface area contributed by atoms with Crippen molar-refractivity contribution < 1.29 is 19.1 Å². The van der Waals surface area contributed by atoms with Gasteiger partial charge in [0.15, 0.2) is 0 Å². The van der Waals surface area contributed by atoms with Crippen LogP contribution in [0.4, 0.5) is 5.69 Å². The van der Waals surface area contributed by atoms with E-state index in [1.807, 2.05) is 4.90 Å². The topological polar surface area (TPSA) is 85.1 Å². The van der Waals surface area contributed by atoms with Crippen molar-refractivity contribution in [2.75, 3.05) is 38.8 Å². The van der Waals surface area contributed by atoms with Crippen molar-refractivity contribution >= 4 is 17.5 Å². The Morgan fingerprint density at radius 3 is 2.56 bits per heavy atom. The Kier molecular flexibility index (Phi) is 5.13. The fourth-order valence-electron chi connectivity index (χ4n) is 3.49. The molecule has 7 nitrogen and oxygen atoms in total. The van der Waals surface area contributed by atoms with E-state index in [1.54, 1.807) is 37.3 Å². The Balaban J connectivity index is 1.73. The first-order valence-corrected chi connectivity index (χ1v) is 8.60. The van der Waals surface area contributed by atoms with Gasteiger partial charge in [0.25, 0.3) is 0 Å². The molecule has 25 heavy (non-hydrogen) atoms. The number of likely N-dealkylation sites (tertiary alicyclic amines) is 1. The van der Waals surface area contributed by atoms with Crippen LogP contribution in [-0.4, -0.2) is 56.6 Å². The molecule has 2 aliphatic heterocycles. The second-order valence-electron chi connectivity index (χ2n) is 6.61. The highest BCUT2D eigenvalue weighted by atomic mass is 16.5. The molecule has 2 N–H and O–H groups in total. The minimum atomic E-state index is -0.311. The molecule has 1 unspecified atom stereocenters. The summed E-state index contributed by atoms with van der Waals surface area (Å²) >= 11 is 0. The smallest absolute Gasteiger partial charge is 0.228 e. The molecule has 7 heteroatoms. The van der Waals surface area contributed by atoms with E-state index < -0.39 is 0 Å². The lowest BCUT2D eigenvalue weighted by molar-refractivity contribution is -0.136. The van der Waals surface area contributed by atoms with Crippen LogP contribution in [0.3, 0.4) is 0 Å². The van der Waals surface area contributed by atoms with Crippen LogP contribution in [0.5, 0.6) is 11.5 Å². The molecular formula is C18H25N3O4. The summed E-state index contributed by atoms with van der Waals surface area (Å²) in [6.07, 6.45) is 1.88. The van der Waals surface area contributed by atoms with Crippen molar-refractivity contribution in [2.24, 2.45) is 11.7 Å². The maximum Gasteiger partial charge on any atom is 0.228 e. The Labute approximate surface area is 147 Å². The number of nitrogens with zero attached hydrogens (tertiary/aromatic N) is 2. The molecule has 3 rings (SSSR count). The summed E-state index contributed by atoms with van der Waals surface area (Å²) in [5.41, 5.74) is 6.57. The van der Waals surface area contributed by atoms with Gasteiger partial charge in [-0.2, -0.15) is 0 Å². The van der Waals surface area contributed by atoms with Crippen LogP contribution in [-0.2, 0) is 9.59 Å². The summed E-state index contributed by atoms with van der Waals surface area (Å²) in [5, 5.41) is 0. The highest BCUT2D eigenvalue weighted by Gasteiger charge is 2.38. The molecule has 1 atom stereocenters. The Hall–Kier alpha value is -2.28. The number of carbonyl (C=O) groups is 2. The molecule has 1 aromatic carbocycles. The molecule has 2 heterocycles. The number of nitrogens with two attached hydrogens (primary N) is 1. The van der Waals surface area contributed by atoms with Gasteiger partial charge >= 0.3 is 0 Å². The lowest BCUT2D eigenvalue weighted by atomic mass is 10.0. The lowest BCUT2D eigenvalue weighted by Gasteiger charge is -2.32. The van der Waals surface area contributed by atoms with Gasteiger partial charge in [-0.15, -0.1) is 0 Å². The number of methoxy groups -OCH3 is 2. The van der Waals surface area contributed by atoms with E-state index in [9.17, 15) is 9.59 Å². The summed E-state index contributed by atoms with van der Waals surface area (Å²) in [5.74, 6) is 0.897. The van der Waals surface area contributed by atoms with Crippen LogP contribution in [0.2, 0.25) is 0 Å². The first-order valence-electron chi connectivity index (χ1n) is 8.60. The van der Waals surface area contributed by atoms with Gasteiger partial charge < -0.3 is 25.0 Å². The zero-order valence-corrected chi connectivity index (χ0v) is 14.7. The molecule has 136 valence electrons. The minimum absolute atomic E-state index is 0.0511. The summed E-state index contributed by atoms with van der Waals surface area (Å²) in [6.45, 7) is 1.73. The molecular weight excluding hydrogens is 322 g/mol. The van der Waals surface area contributed by atoms with Gasteiger partial charge in [-0.05, 0) is 25.0 Å². The normalized spacial score (nSPS) is 21.6. The minimum Gasteiger partial charge on any atom is -0.497 e. The van der Waals surface area contributed by atoms with Crippen molar-refractivity contribution in [3.8, 4) is 11.5 Å². The molecule has 0 bridgehead atoms. The van der Waals surface area contributed by atoms with Gasteiger partial charge in [0, 0.05) is 38.2 Å². The third-order valence-corrected chi connectivity index (χ3v) is 5.00. The van der Waals surface area contributed by atoms with Crippen molar-refractivity contribution in [1.29, 1.82) is 0 Å². The number of piperidine rings is 1. The zero-order chi connectivity index (χ0) is 18.0. The van der Waals surface area contributed by atoms with Gasteiger partial charge in [-0.25, -0.2) is 0 Å². The van der Waals surface area contributed by atoms with E-state index in [1.165, 1.54) is 0 Å². The molecule has 2 amide bonds. The maximum absolute atomic E-state index is 12.7. The van der Waals surface area contributed by atoms with Crippen LogP contribution in [0.25, 0.3) is 0 Å². The monoisotopic (exact) mass is 347 g/mol. The number of ether oxygens (including phenoxy) is 2. The number of carbonyl (C=O) groups excluding carboxylic acids is 2. The highest BCUT2D eigenvalue weighted by Crippen LogP contribution is 2.36. The predicted molar refractivity (Wildman–Crippen MR) is 93.8 cm³/mol. The van der Waals surface area contributed by atoms with Gasteiger partial charge in [-0.3, -0.25) is 9.59 Å². The quantitative estimate of drug-likeness (QED) is 0.878. The SMILES string of the molecule is COc1ccc(N2CC(C(=O)N3CCC(N)CC3)CC2=O)c(OC)c1. The van der Waals surface area contributed by atoms with Crippen molar-refractivity contribution in [1.82, 2.24) is 4.90 Å². The molecule has 0 saturated carbocycles. The number of anilines is 1. The van der Waals surface area contributed by atoms with Crippen molar-refractivity contribution in [3.63, 3.8) is 0 Å². The largest absolute Gasteiger partial charge is 0.497 e. The molecule has 0 spiro atoms. The number of benzene rings is 1. The second-order valence-corrected chi connectivity index (χ2v) is 6.61. The van der Waals surface area contributed by atoms with Gasteiger partial charge in [-0.1, -0.05) is 0 Å². The van der Waals surface area contributed by atoms with Gasteiger partial charge in [0.05, 0.1) is 25.8 Å². The Morgan fingerprint density at radius 2 is 1.92 bits per heavy atom. The summed E-state index contributed by atoms with van der Waals surface area (Å²) in [7, 11) is 3.13.